The van der Waals surface area contributed by atoms with Crippen molar-refractivity contribution in [1.29, 1.82) is 0 Å². The molecule has 0 radical (unpaired) electrons. The summed E-state index contributed by atoms with van der Waals surface area (Å²) < 4.78 is 0. The zero-order valence-electron chi connectivity index (χ0n) is 12.8. The molecule has 0 aliphatic rings. The average molecular weight is 298 g/mol. The van der Waals surface area contributed by atoms with Crippen LogP contribution < -0.4 is 5.32 Å². The van der Waals surface area contributed by atoms with Gasteiger partial charge in [-0.3, -0.25) is 14.9 Å². The van der Waals surface area contributed by atoms with E-state index in [2.05, 4.69) is 19.2 Å². The summed E-state index contributed by atoms with van der Waals surface area (Å²) in [5, 5.41) is 13.7. The third-order valence-corrected chi connectivity index (χ3v) is 3.44. The highest BCUT2D eigenvalue weighted by atomic mass is 16.6. The van der Waals surface area contributed by atoms with Crippen LogP contribution >= 0.6 is 0 Å². The van der Waals surface area contributed by atoms with Gasteiger partial charge in [0.2, 0.25) is 0 Å². The summed E-state index contributed by atoms with van der Waals surface area (Å²) in [4.78, 5) is 22.8. The number of hydrogen-bond acceptors (Lipinski definition) is 3. The third kappa shape index (κ3) is 3.49. The standard InChI is InChI=1S/C17H18N2O3/c1-11(2)13-5-7-14(8-6-13)17(20)18-15-9-4-12(3)10-16(15)19(21)22/h4-11H,1-3H3,(H,18,20). The topological polar surface area (TPSA) is 72.2 Å². The lowest BCUT2D eigenvalue weighted by molar-refractivity contribution is -0.384. The largest absolute Gasteiger partial charge is 0.316 e. The predicted octanol–water partition coefficient (Wildman–Crippen LogP) is 4.28. The Morgan fingerprint density at radius 1 is 1.14 bits per heavy atom. The molecule has 2 aromatic carbocycles. The zero-order valence-corrected chi connectivity index (χ0v) is 12.8. The van der Waals surface area contributed by atoms with Crippen LogP contribution in [-0.4, -0.2) is 10.8 Å². The van der Waals surface area contributed by atoms with Crippen LogP contribution in [-0.2, 0) is 0 Å². The maximum Gasteiger partial charge on any atom is 0.293 e. The van der Waals surface area contributed by atoms with Gasteiger partial charge in [-0.25, -0.2) is 0 Å². The lowest BCUT2D eigenvalue weighted by Crippen LogP contribution is -2.13. The summed E-state index contributed by atoms with van der Waals surface area (Å²) >= 11 is 0. The molecular weight excluding hydrogens is 280 g/mol. The third-order valence-electron chi connectivity index (χ3n) is 3.44. The highest BCUT2D eigenvalue weighted by molar-refractivity contribution is 6.05. The van der Waals surface area contributed by atoms with Crippen molar-refractivity contribution in [3.63, 3.8) is 0 Å². The second-order valence-corrected chi connectivity index (χ2v) is 5.51. The van der Waals surface area contributed by atoms with E-state index in [1.54, 1.807) is 31.2 Å². The van der Waals surface area contributed by atoms with Crippen molar-refractivity contribution >= 4 is 17.3 Å². The molecule has 0 heterocycles. The molecule has 0 fully saturated rings. The van der Waals surface area contributed by atoms with Crippen LogP contribution in [0, 0.1) is 17.0 Å². The second-order valence-electron chi connectivity index (χ2n) is 5.51. The van der Waals surface area contributed by atoms with Gasteiger partial charge in [0, 0.05) is 11.6 Å². The van der Waals surface area contributed by atoms with Crippen molar-refractivity contribution < 1.29 is 9.72 Å². The molecule has 0 saturated heterocycles. The van der Waals surface area contributed by atoms with Gasteiger partial charge in [0.25, 0.3) is 11.6 Å². The predicted molar refractivity (Wildman–Crippen MR) is 86.3 cm³/mol. The van der Waals surface area contributed by atoms with Gasteiger partial charge in [0.1, 0.15) is 5.69 Å². The van der Waals surface area contributed by atoms with Crippen LogP contribution in [0.25, 0.3) is 0 Å². The van der Waals surface area contributed by atoms with Gasteiger partial charge in [-0.1, -0.05) is 32.0 Å². The molecule has 0 atom stereocenters. The first-order valence-electron chi connectivity index (χ1n) is 7.05. The van der Waals surface area contributed by atoms with Gasteiger partial charge in [-0.05, 0) is 42.2 Å². The van der Waals surface area contributed by atoms with Crippen LogP contribution in [0.5, 0.6) is 0 Å². The SMILES string of the molecule is Cc1ccc(NC(=O)c2ccc(C(C)C)cc2)c([N+](=O)[O-])c1. The molecule has 2 aromatic rings. The number of carbonyl (C=O) groups is 1. The minimum absolute atomic E-state index is 0.104. The number of carbonyl (C=O) groups excluding carboxylic acids is 1. The molecule has 114 valence electrons. The summed E-state index contributed by atoms with van der Waals surface area (Å²) in [7, 11) is 0. The fraction of sp³-hybridized carbons (Fsp3) is 0.235. The zero-order chi connectivity index (χ0) is 16.3. The maximum atomic E-state index is 12.2. The van der Waals surface area contributed by atoms with E-state index in [1.165, 1.54) is 6.07 Å². The van der Waals surface area contributed by atoms with E-state index in [0.717, 1.165) is 11.1 Å². The number of nitro benzene ring substituents is 1. The quantitative estimate of drug-likeness (QED) is 0.676. The summed E-state index contributed by atoms with van der Waals surface area (Å²) in [6, 6.07) is 12.0. The molecule has 0 aliphatic heterocycles. The second kappa shape index (κ2) is 6.39. The van der Waals surface area contributed by atoms with Gasteiger partial charge in [-0.15, -0.1) is 0 Å². The molecular formula is C17H18N2O3. The van der Waals surface area contributed by atoms with Gasteiger partial charge in [0.05, 0.1) is 4.92 Å². The van der Waals surface area contributed by atoms with E-state index in [1.807, 2.05) is 12.1 Å². The molecule has 0 spiro atoms. The smallest absolute Gasteiger partial charge is 0.293 e. The number of nitrogens with zero attached hydrogens (tertiary/aromatic N) is 1. The lowest BCUT2D eigenvalue weighted by Gasteiger charge is -2.08. The minimum Gasteiger partial charge on any atom is -0.316 e. The van der Waals surface area contributed by atoms with E-state index in [-0.39, 0.29) is 17.3 Å². The fourth-order valence-corrected chi connectivity index (χ4v) is 2.11. The van der Waals surface area contributed by atoms with Crippen molar-refractivity contribution in [3.05, 3.63) is 69.3 Å². The summed E-state index contributed by atoms with van der Waals surface area (Å²) in [5.41, 5.74) is 2.48. The Kier molecular flexibility index (Phi) is 4.56. The highest BCUT2D eigenvalue weighted by Gasteiger charge is 2.16. The molecule has 5 nitrogen and oxygen atoms in total. The fourth-order valence-electron chi connectivity index (χ4n) is 2.11. The number of nitro groups is 1. The number of rotatable bonds is 4. The molecule has 22 heavy (non-hydrogen) atoms. The summed E-state index contributed by atoms with van der Waals surface area (Å²) in [6.45, 7) is 5.92. The molecule has 0 saturated carbocycles. The Hall–Kier alpha value is -2.69. The first-order chi connectivity index (χ1) is 10.4. The van der Waals surface area contributed by atoms with Crippen molar-refractivity contribution in [3.8, 4) is 0 Å². The van der Waals surface area contributed by atoms with Crippen molar-refractivity contribution in [1.82, 2.24) is 0 Å². The Morgan fingerprint density at radius 3 is 2.32 bits per heavy atom. The van der Waals surface area contributed by atoms with Crippen LogP contribution in [0.2, 0.25) is 0 Å². The monoisotopic (exact) mass is 298 g/mol. The Balaban J connectivity index is 2.23. The Bertz CT molecular complexity index is 706. The first kappa shape index (κ1) is 15.7. The van der Waals surface area contributed by atoms with Crippen LogP contribution in [0.4, 0.5) is 11.4 Å². The van der Waals surface area contributed by atoms with Gasteiger partial charge >= 0.3 is 0 Å². The molecule has 0 unspecified atom stereocenters. The van der Waals surface area contributed by atoms with Crippen molar-refractivity contribution in [2.24, 2.45) is 0 Å². The molecule has 1 amide bonds. The van der Waals surface area contributed by atoms with E-state index in [0.29, 0.717) is 11.5 Å². The number of benzene rings is 2. The molecule has 0 aromatic heterocycles. The minimum atomic E-state index is -0.496. The van der Waals surface area contributed by atoms with Crippen LogP contribution in [0.15, 0.2) is 42.5 Å². The highest BCUT2D eigenvalue weighted by Crippen LogP contribution is 2.26. The maximum absolute atomic E-state index is 12.2. The van der Waals surface area contributed by atoms with Crippen LogP contribution in [0.1, 0.15) is 41.3 Å². The van der Waals surface area contributed by atoms with Crippen molar-refractivity contribution in [2.45, 2.75) is 26.7 Å². The number of anilines is 1. The van der Waals surface area contributed by atoms with E-state index in [9.17, 15) is 14.9 Å². The molecule has 0 bridgehead atoms. The lowest BCUT2D eigenvalue weighted by atomic mass is 10.0. The first-order valence-corrected chi connectivity index (χ1v) is 7.05. The van der Waals surface area contributed by atoms with Gasteiger partial charge in [-0.2, -0.15) is 0 Å². The molecule has 1 N–H and O–H groups in total. The molecule has 2 rings (SSSR count). The molecule has 0 aliphatic carbocycles. The van der Waals surface area contributed by atoms with Crippen molar-refractivity contribution in [2.75, 3.05) is 5.32 Å². The number of nitrogens with one attached hydrogen (secondary N) is 1. The normalized spacial score (nSPS) is 10.5. The number of aryl methyl sites for hydroxylation is 1. The average Bonchev–Trinajstić information content (AvgIpc) is 2.48. The number of hydrogen-bond donors (Lipinski definition) is 1. The van der Waals surface area contributed by atoms with E-state index < -0.39 is 4.92 Å². The Labute approximate surface area is 129 Å². The number of amides is 1. The molecule has 5 heteroatoms. The van der Waals surface area contributed by atoms with E-state index in [4.69, 9.17) is 0 Å². The van der Waals surface area contributed by atoms with Gasteiger partial charge < -0.3 is 5.32 Å². The van der Waals surface area contributed by atoms with Gasteiger partial charge in [0.15, 0.2) is 0 Å². The van der Waals surface area contributed by atoms with Crippen LogP contribution in [0.3, 0.4) is 0 Å². The Morgan fingerprint density at radius 2 is 1.77 bits per heavy atom. The van der Waals surface area contributed by atoms with E-state index >= 15 is 0 Å². The summed E-state index contributed by atoms with van der Waals surface area (Å²) in [6.07, 6.45) is 0. The summed E-state index contributed by atoms with van der Waals surface area (Å²) in [5.74, 6) is 0.0255.